The van der Waals surface area contributed by atoms with Gasteiger partial charge in [0.15, 0.2) is 0 Å². The van der Waals surface area contributed by atoms with Crippen LogP contribution in [0.2, 0.25) is 0 Å². The van der Waals surface area contributed by atoms with Gasteiger partial charge in [-0.25, -0.2) is 0 Å². The van der Waals surface area contributed by atoms with Gasteiger partial charge in [0.25, 0.3) is 0 Å². The lowest BCUT2D eigenvalue weighted by Gasteiger charge is -2.23. The monoisotopic (exact) mass is 622 g/mol. The van der Waals surface area contributed by atoms with Gasteiger partial charge in [-0.05, 0) is 111 Å². The molecule has 0 saturated heterocycles. The van der Waals surface area contributed by atoms with Gasteiger partial charge in [-0.15, -0.1) is 0 Å². The lowest BCUT2D eigenvalue weighted by atomic mass is 9.80. The summed E-state index contributed by atoms with van der Waals surface area (Å²) < 4.78 is 0. The Labute approximate surface area is 286 Å². The van der Waals surface area contributed by atoms with E-state index in [0.717, 1.165) is 0 Å². The third-order valence-electron chi connectivity index (χ3n) is 11.1. The van der Waals surface area contributed by atoms with Gasteiger partial charge >= 0.3 is 0 Å². The van der Waals surface area contributed by atoms with Crippen molar-refractivity contribution < 1.29 is 0 Å². The molecule has 0 fully saturated rings. The van der Waals surface area contributed by atoms with Crippen molar-refractivity contribution in [1.29, 1.82) is 0 Å². The Hall–Kier alpha value is -5.98. The van der Waals surface area contributed by atoms with Crippen LogP contribution < -0.4 is 0 Å². The van der Waals surface area contributed by atoms with Gasteiger partial charge in [-0.1, -0.05) is 172 Å². The second-order valence-electron chi connectivity index (χ2n) is 14.0. The van der Waals surface area contributed by atoms with Crippen molar-refractivity contribution in [3.8, 4) is 44.5 Å². The fraction of sp³-hybridized carbons (Fsp3) is 0.0612. The van der Waals surface area contributed by atoms with Gasteiger partial charge in [0, 0.05) is 5.41 Å². The van der Waals surface area contributed by atoms with Crippen LogP contribution in [-0.4, -0.2) is 0 Å². The van der Waals surface area contributed by atoms with Crippen molar-refractivity contribution in [3.05, 3.63) is 181 Å². The molecule has 0 heterocycles. The maximum atomic E-state index is 2.48. The lowest BCUT2D eigenvalue weighted by molar-refractivity contribution is 0.660. The Morgan fingerprint density at radius 2 is 0.816 bits per heavy atom. The number of fused-ring (bicyclic) bond motifs is 7. The first kappa shape index (κ1) is 28.1. The van der Waals surface area contributed by atoms with Crippen LogP contribution in [0, 0.1) is 0 Å². The van der Waals surface area contributed by atoms with Gasteiger partial charge in [0.2, 0.25) is 0 Å². The maximum Gasteiger partial charge on any atom is 0.0159 e. The molecule has 10 rings (SSSR count). The molecule has 0 unspecified atom stereocenters. The second-order valence-corrected chi connectivity index (χ2v) is 14.0. The van der Waals surface area contributed by atoms with Crippen molar-refractivity contribution >= 4 is 43.1 Å². The van der Waals surface area contributed by atoms with E-state index in [1.807, 2.05) is 0 Å². The van der Waals surface area contributed by atoms with Crippen LogP contribution in [0.4, 0.5) is 0 Å². The molecule has 49 heavy (non-hydrogen) atoms. The fourth-order valence-electron chi connectivity index (χ4n) is 8.73. The minimum atomic E-state index is -0.0788. The molecule has 1 aliphatic carbocycles. The number of hydrogen-bond donors (Lipinski definition) is 0. The molecule has 1 aliphatic rings. The number of benzene rings is 9. The van der Waals surface area contributed by atoms with Crippen LogP contribution in [0.25, 0.3) is 87.6 Å². The summed E-state index contributed by atoms with van der Waals surface area (Å²) in [7, 11) is 0. The molecule has 0 radical (unpaired) electrons. The number of hydrogen-bond acceptors (Lipinski definition) is 0. The third-order valence-corrected chi connectivity index (χ3v) is 11.1. The molecule has 0 saturated carbocycles. The third kappa shape index (κ3) is 4.11. The van der Waals surface area contributed by atoms with E-state index in [1.54, 1.807) is 0 Å². The van der Waals surface area contributed by atoms with Gasteiger partial charge < -0.3 is 0 Å². The molecule has 0 spiro atoms. The summed E-state index contributed by atoms with van der Waals surface area (Å²) in [5.74, 6) is 0. The molecular formula is C49H34. The predicted octanol–water partition coefficient (Wildman–Crippen LogP) is 13.6. The van der Waals surface area contributed by atoms with E-state index in [9.17, 15) is 0 Å². The largest absolute Gasteiger partial charge is 0.0619 e. The summed E-state index contributed by atoms with van der Waals surface area (Å²) >= 11 is 0. The highest BCUT2D eigenvalue weighted by atomic mass is 14.4. The molecule has 0 amide bonds. The lowest BCUT2D eigenvalue weighted by Crippen LogP contribution is -2.14. The van der Waals surface area contributed by atoms with E-state index < -0.39 is 0 Å². The van der Waals surface area contributed by atoms with Crippen molar-refractivity contribution in [1.82, 2.24) is 0 Å². The molecular weight excluding hydrogens is 589 g/mol. The van der Waals surface area contributed by atoms with Crippen LogP contribution in [0.15, 0.2) is 170 Å². The molecule has 230 valence electrons. The van der Waals surface area contributed by atoms with Gasteiger partial charge in [-0.3, -0.25) is 0 Å². The van der Waals surface area contributed by atoms with Crippen LogP contribution >= 0.6 is 0 Å². The SMILES string of the molecule is CC1(C)c2ccccc2-c2ccc(-c3c4ccccc4c(-c4cccc5ccccc45)c4ccc(-c5cccc6ccccc56)cc34)cc21. The average Bonchev–Trinajstić information content (AvgIpc) is 3.38. The van der Waals surface area contributed by atoms with E-state index in [1.165, 1.54) is 98.7 Å². The van der Waals surface area contributed by atoms with E-state index in [4.69, 9.17) is 0 Å². The Morgan fingerprint density at radius 1 is 0.306 bits per heavy atom. The average molecular weight is 623 g/mol. The highest BCUT2D eigenvalue weighted by Crippen LogP contribution is 2.52. The topological polar surface area (TPSA) is 0 Å². The van der Waals surface area contributed by atoms with Gasteiger partial charge in [0.05, 0.1) is 0 Å². The van der Waals surface area contributed by atoms with E-state index >= 15 is 0 Å². The summed E-state index contributed by atoms with van der Waals surface area (Å²) in [5.41, 5.74) is 13.0. The molecule has 9 aromatic rings. The molecule has 9 aromatic carbocycles. The summed E-state index contributed by atoms with van der Waals surface area (Å²) in [6.45, 7) is 4.75. The molecule has 0 atom stereocenters. The quantitative estimate of drug-likeness (QED) is 0.172. The van der Waals surface area contributed by atoms with E-state index in [2.05, 4.69) is 184 Å². The smallest absolute Gasteiger partial charge is 0.0159 e. The second kappa shape index (κ2) is 10.5. The van der Waals surface area contributed by atoms with Gasteiger partial charge in [-0.2, -0.15) is 0 Å². The summed E-state index contributed by atoms with van der Waals surface area (Å²) in [6, 6.07) is 63.3. The fourth-order valence-corrected chi connectivity index (χ4v) is 8.73. The van der Waals surface area contributed by atoms with Crippen LogP contribution in [0.3, 0.4) is 0 Å². The predicted molar refractivity (Wildman–Crippen MR) is 210 cm³/mol. The maximum absolute atomic E-state index is 2.48. The van der Waals surface area contributed by atoms with Crippen molar-refractivity contribution in [2.45, 2.75) is 19.3 Å². The zero-order chi connectivity index (χ0) is 32.7. The standard InChI is InChI=1S/C49H34/c1-49(2)45-24-10-9-19-38(45)39-27-26-34(30-46(39)49)47-41-20-7-8-21-42(41)48(40-23-12-16-32-14-4-6-18-36(32)40)43-28-25-33(29-44(43)47)37-22-11-15-31-13-3-5-17-35(31)37/h3-30H,1-2H3. The molecule has 0 aliphatic heterocycles. The first-order valence-electron chi connectivity index (χ1n) is 17.3. The molecule has 0 heteroatoms. The summed E-state index contributed by atoms with van der Waals surface area (Å²) in [6.07, 6.45) is 0. The van der Waals surface area contributed by atoms with E-state index in [0.29, 0.717) is 0 Å². The normalized spacial score (nSPS) is 13.3. The van der Waals surface area contributed by atoms with Crippen molar-refractivity contribution in [3.63, 3.8) is 0 Å². The van der Waals surface area contributed by atoms with Crippen LogP contribution in [-0.2, 0) is 5.41 Å². The minimum absolute atomic E-state index is 0.0788. The first-order valence-corrected chi connectivity index (χ1v) is 17.3. The molecule has 0 nitrogen and oxygen atoms in total. The van der Waals surface area contributed by atoms with Gasteiger partial charge in [0.1, 0.15) is 0 Å². The Kier molecular flexibility index (Phi) is 6.02. The molecule has 0 bridgehead atoms. The Bertz CT molecular complexity index is 2780. The van der Waals surface area contributed by atoms with Crippen LogP contribution in [0.5, 0.6) is 0 Å². The summed E-state index contributed by atoms with van der Waals surface area (Å²) in [4.78, 5) is 0. The zero-order valence-corrected chi connectivity index (χ0v) is 27.7. The molecule has 0 aromatic heterocycles. The van der Waals surface area contributed by atoms with Crippen LogP contribution in [0.1, 0.15) is 25.0 Å². The number of rotatable bonds is 3. The molecule has 0 N–H and O–H groups in total. The van der Waals surface area contributed by atoms with Crippen molar-refractivity contribution in [2.75, 3.05) is 0 Å². The zero-order valence-electron chi connectivity index (χ0n) is 27.7. The minimum Gasteiger partial charge on any atom is -0.0619 e. The highest BCUT2D eigenvalue weighted by molar-refractivity contribution is 6.24. The Balaban J connectivity index is 1.34. The van der Waals surface area contributed by atoms with Crippen molar-refractivity contribution in [2.24, 2.45) is 0 Å². The Morgan fingerprint density at radius 3 is 1.57 bits per heavy atom. The van der Waals surface area contributed by atoms with E-state index in [-0.39, 0.29) is 5.41 Å². The highest BCUT2D eigenvalue weighted by Gasteiger charge is 2.35. The summed E-state index contributed by atoms with van der Waals surface area (Å²) in [5, 5.41) is 10.2. The first-order chi connectivity index (χ1) is 24.1.